The molecule has 0 saturated carbocycles. The van der Waals surface area contributed by atoms with E-state index in [0.29, 0.717) is 22.0 Å². The molecule has 31 heavy (non-hydrogen) atoms. The molecule has 0 radical (unpaired) electrons. The molecule has 8 nitrogen and oxygen atoms in total. The summed E-state index contributed by atoms with van der Waals surface area (Å²) >= 11 is 5.84. The minimum absolute atomic E-state index is 0.146. The largest absolute Gasteiger partial charge is 0.344 e. The predicted molar refractivity (Wildman–Crippen MR) is 117 cm³/mol. The molecular formula is C21H19ClN4O4S. The molecule has 0 saturated heterocycles. The first-order chi connectivity index (χ1) is 14.7. The summed E-state index contributed by atoms with van der Waals surface area (Å²) in [6.07, 6.45) is 0. The fourth-order valence-corrected chi connectivity index (χ4v) is 5.00. The van der Waals surface area contributed by atoms with Crippen LogP contribution in [0, 0.1) is 6.92 Å². The number of hydrogen-bond donors (Lipinski definition) is 2. The van der Waals surface area contributed by atoms with Gasteiger partial charge in [0.2, 0.25) is 0 Å². The molecule has 0 spiro atoms. The van der Waals surface area contributed by atoms with Crippen LogP contribution >= 0.6 is 11.6 Å². The second-order valence-electron chi connectivity index (χ2n) is 7.27. The van der Waals surface area contributed by atoms with Crippen molar-refractivity contribution in [1.29, 1.82) is 0 Å². The number of fused-ring (bicyclic) bond motifs is 1. The second-order valence-corrected chi connectivity index (χ2v) is 9.77. The Bertz CT molecular complexity index is 1280. The number of aryl methyl sites for hydroxylation is 1. The highest BCUT2D eigenvalue weighted by atomic mass is 35.5. The number of hydrogen-bond acceptors (Lipinski definition) is 5. The van der Waals surface area contributed by atoms with Crippen LogP contribution in [0.5, 0.6) is 0 Å². The zero-order valence-corrected chi connectivity index (χ0v) is 18.1. The Morgan fingerprint density at radius 2 is 1.77 bits per heavy atom. The Hall–Kier alpha value is -3.17. The summed E-state index contributed by atoms with van der Waals surface area (Å²) in [6.45, 7) is 2.02. The molecular weight excluding hydrogens is 440 g/mol. The lowest BCUT2D eigenvalue weighted by Gasteiger charge is -2.13. The van der Waals surface area contributed by atoms with Gasteiger partial charge in [0.15, 0.2) is 9.84 Å². The van der Waals surface area contributed by atoms with Gasteiger partial charge in [-0.25, -0.2) is 13.1 Å². The average molecular weight is 459 g/mol. The van der Waals surface area contributed by atoms with Gasteiger partial charge in [-0.2, -0.15) is 5.10 Å². The topological polar surface area (TPSA) is 110 Å². The summed E-state index contributed by atoms with van der Waals surface area (Å²) < 4.78 is 25.6. The quantitative estimate of drug-likeness (QED) is 0.584. The number of benzene rings is 2. The molecule has 1 aromatic heterocycles. The van der Waals surface area contributed by atoms with Crippen LogP contribution in [0.15, 0.2) is 48.5 Å². The van der Waals surface area contributed by atoms with Crippen molar-refractivity contribution in [3.8, 4) is 5.69 Å². The highest BCUT2D eigenvalue weighted by Crippen LogP contribution is 2.33. The predicted octanol–water partition coefficient (Wildman–Crippen LogP) is 2.52. The molecule has 2 aromatic carbocycles. The summed E-state index contributed by atoms with van der Waals surface area (Å²) in [5.74, 6) is -2.00. The van der Waals surface area contributed by atoms with E-state index in [2.05, 4.69) is 15.7 Å². The fourth-order valence-electron chi connectivity index (χ4n) is 3.38. The van der Waals surface area contributed by atoms with E-state index in [0.717, 1.165) is 11.1 Å². The summed E-state index contributed by atoms with van der Waals surface area (Å²) in [7, 11) is -3.34. The number of sulfone groups is 1. The standard InChI is InChI=1S/C21H19ClN4O4S/c1-13-4-2-3-5-18(13)26-19(16-11-31(29,30)12-17(16)25-26)24-21(28)20(27)23-10-14-6-8-15(22)9-7-14/h2-9H,10-12H2,1H3,(H,23,27)(H,24,28). The molecule has 1 aliphatic heterocycles. The molecule has 0 unspecified atom stereocenters. The number of para-hydroxylation sites is 1. The third-order valence-electron chi connectivity index (χ3n) is 4.94. The van der Waals surface area contributed by atoms with Gasteiger partial charge in [-0.05, 0) is 36.2 Å². The monoisotopic (exact) mass is 458 g/mol. The number of rotatable bonds is 4. The van der Waals surface area contributed by atoms with Crippen molar-refractivity contribution in [1.82, 2.24) is 15.1 Å². The molecule has 0 fully saturated rings. The molecule has 160 valence electrons. The molecule has 0 atom stereocenters. The zero-order valence-electron chi connectivity index (χ0n) is 16.6. The van der Waals surface area contributed by atoms with Crippen LogP contribution in [-0.2, 0) is 37.5 Å². The van der Waals surface area contributed by atoms with Gasteiger partial charge < -0.3 is 10.6 Å². The number of anilines is 1. The van der Waals surface area contributed by atoms with Crippen LogP contribution in [-0.4, -0.2) is 30.0 Å². The van der Waals surface area contributed by atoms with Crippen molar-refractivity contribution >= 4 is 39.1 Å². The SMILES string of the molecule is Cc1ccccc1-n1nc2c(c1NC(=O)C(=O)NCc1ccc(Cl)cc1)CS(=O)(=O)C2. The summed E-state index contributed by atoms with van der Waals surface area (Å²) in [5, 5.41) is 10.1. The van der Waals surface area contributed by atoms with E-state index in [-0.39, 0.29) is 23.9 Å². The van der Waals surface area contributed by atoms with E-state index in [1.807, 2.05) is 31.2 Å². The third kappa shape index (κ3) is 4.47. The molecule has 0 bridgehead atoms. The highest BCUT2D eigenvalue weighted by molar-refractivity contribution is 7.90. The smallest absolute Gasteiger partial charge is 0.314 e. The van der Waals surface area contributed by atoms with Gasteiger partial charge in [0.1, 0.15) is 5.82 Å². The molecule has 4 rings (SSSR count). The summed E-state index contributed by atoms with van der Waals surface area (Å²) in [5.41, 5.74) is 3.13. The van der Waals surface area contributed by atoms with Gasteiger partial charge in [-0.3, -0.25) is 9.59 Å². The Balaban J connectivity index is 1.58. The van der Waals surface area contributed by atoms with E-state index in [4.69, 9.17) is 11.6 Å². The molecule has 2 amide bonds. The van der Waals surface area contributed by atoms with Crippen molar-refractivity contribution in [3.63, 3.8) is 0 Å². The maximum Gasteiger partial charge on any atom is 0.314 e. The maximum atomic E-state index is 12.6. The number of halogens is 1. The molecule has 0 aliphatic carbocycles. The number of carbonyl (C=O) groups excluding carboxylic acids is 2. The Morgan fingerprint density at radius 1 is 1.06 bits per heavy atom. The van der Waals surface area contributed by atoms with Crippen molar-refractivity contribution in [3.05, 3.63) is 75.9 Å². The van der Waals surface area contributed by atoms with Gasteiger partial charge in [0, 0.05) is 17.1 Å². The number of aromatic nitrogens is 2. The van der Waals surface area contributed by atoms with E-state index in [1.165, 1.54) is 4.68 Å². The van der Waals surface area contributed by atoms with Crippen molar-refractivity contribution < 1.29 is 18.0 Å². The Labute approximate surface area is 184 Å². The van der Waals surface area contributed by atoms with Crippen molar-refractivity contribution in [2.24, 2.45) is 0 Å². The average Bonchev–Trinajstić information content (AvgIpc) is 3.20. The first-order valence-corrected chi connectivity index (χ1v) is 11.6. The number of amides is 2. The summed E-state index contributed by atoms with van der Waals surface area (Å²) in [6, 6.07) is 14.2. The molecule has 10 heteroatoms. The van der Waals surface area contributed by atoms with Crippen LogP contribution < -0.4 is 10.6 Å². The van der Waals surface area contributed by atoms with Gasteiger partial charge >= 0.3 is 11.8 Å². The third-order valence-corrected chi connectivity index (χ3v) is 6.63. The lowest BCUT2D eigenvalue weighted by molar-refractivity contribution is -0.136. The molecule has 1 aliphatic rings. The lowest BCUT2D eigenvalue weighted by atomic mass is 10.2. The Kier molecular flexibility index (Phi) is 5.55. The summed E-state index contributed by atoms with van der Waals surface area (Å²) in [4.78, 5) is 24.9. The van der Waals surface area contributed by atoms with Crippen LogP contribution in [0.1, 0.15) is 22.4 Å². The molecule has 2 N–H and O–H groups in total. The van der Waals surface area contributed by atoms with E-state index in [9.17, 15) is 18.0 Å². The normalized spacial score (nSPS) is 14.1. The van der Waals surface area contributed by atoms with E-state index in [1.54, 1.807) is 24.3 Å². The maximum absolute atomic E-state index is 12.6. The first-order valence-electron chi connectivity index (χ1n) is 9.44. The van der Waals surface area contributed by atoms with Crippen LogP contribution in [0.25, 0.3) is 5.69 Å². The number of nitrogens with one attached hydrogen (secondary N) is 2. The van der Waals surface area contributed by atoms with E-state index < -0.39 is 21.7 Å². The zero-order chi connectivity index (χ0) is 22.2. The fraction of sp³-hybridized carbons (Fsp3) is 0.190. The lowest BCUT2D eigenvalue weighted by Crippen LogP contribution is -2.35. The molecule has 2 heterocycles. The van der Waals surface area contributed by atoms with Gasteiger partial charge in [-0.15, -0.1) is 0 Å². The Morgan fingerprint density at radius 3 is 2.48 bits per heavy atom. The second kappa shape index (κ2) is 8.16. The van der Waals surface area contributed by atoms with Crippen molar-refractivity contribution in [2.45, 2.75) is 25.0 Å². The highest BCUT2D eigenvalue weighted by Gasteiger charge is 2.34. The van der Waals surface area contributed by atoms with Crippen LogP contribution in [0.3, 0.4) is 0 Å². The van der Waals surface area contributed by atoms with Crippen LogP contribution in [0.2, 0.25) is 5.02 Å². The van der Waals surface area contributed by atoms with Crippen molar-refractivity contribution in [2.75, 3.05) is 5.32 Å². The minimum Gasteiger partial charge on any atom is -0.344 e. The van der Waals surface area contributed by atoms with Gasteiger partial charge in [-0.1, -0.05) is 41.9 Å². The first kappa shape index (κ1) is 21.1. The number of nitrogens with zero attached hydrogens (tertiary/aromatic N) is 2. The minimum atomic E-state index is -3.34. The molecule has 3 aromatic rings. The van der Waals surface area contributed by atoms with Crippen LogP contribution in [0.4, 0.5) is 5.82 Å². The van der Waals surface area contributed by atoms with E-state index >= 15 is 0 Å². The number of carbonyl (C=O) groups is 2. The van der Waals surface area contributed by atoms with Gasteiger partial charge in [0.05, 0.1) is 22.9 Å². The van der Waals surface area contributed by atoms with Gasteiger partial charge in [0.25, 0.3) is 0 Å².